The van der Waals surface area contributed by atoms with Crippen molar-refractivity contribution in [2.45, 2.75) is 12.8 Å². The van der Waals surface area contributed by atoms with E-state index in [4.69, 9.17) is 7.98 Å². The molecule has 0 aliphatic heterocycles. The Balaban J connectivity index is 1.79. The van der Waals surface area contributed by atoms with Gasteiger partial charge in [0, 0.05) is 12.2 Å². The van der Waals surface area contributed by atoms with Gasteiger partial charge >= 0.3 is 0 Å². The third kappa shape index (κ3) is 3.40. The highest BCUT2D eigenvalue weighted by Crippen LogP contribution is 2.21. The number of hydrogen-bond donors (Lipinski definition) is 0. The zero-order valence-corrected chi connectivity index (χ0v) is 13.6. The molecule has 0 saturated carbocycles. The van der Waals surface area contributed by atoms with Gasteiger partial charge in [-0.15, -0.1) is 6.58 Å². The van der Waals surface area contributed by atoms with Crippen LogP contribution in [-0.2, 0) is 6.42 Å². The van der Waals surface area contributed by atoms with Crippen molar-refractivity contribution in [2.24, 2.45) is 0 Å². The van der Waals surface area contributed by atoms with E-state index >= 15 is 0 Å². The lowest BCUT2D eigenvalue weighted by molar-refractivity contribution is 0.855. The summed E-state index contributed by atoms with van der Waals surface area (Å²) in [7, 11) is 5.80. The van der Waals surface area contributed by atoms with E-state index in [0.717, 1.165) is 29.9 Å². The van der Waals surface area contributed by atoms with Crippen LogP contribution >= 0.6 is 0 Å². The second-order valence-electron chi connectivity index (χ2n) is 5.61. The summed E-state index contributed by atoms with van der Waals surface area (Å²) in [5.74, 6) is 0.756. The summed E-state index contributed by atoms with van der Waals surface area (Å²) < 4.78 is 1.47. The molecule has 2 radical (unpaired) electrons. The molecule has 0 unspecified atom stereocenters. The van der Waals surface area contributed by atoms with Crippen molar-refractivity contribution >= 4 is 25.0 Å². The molecule has 2 aromatic heterocycles. The predicted molar refractivity (Wildman–Crippen MR) is 100 cm³/mol. The number of benzene rings is 1. The first-order valence-corrected chi connectivity index (χ1v) is 7.88. The van der Waals surface area contributed by atoms with Crippen LogP contribution in [-0.4, -0.2) is 29.0 Å². The summed E-state index contributed by atoms with van der Waals surface area (Å²) in [6, 6.07) is 12.2. The van der Waals surface area contributed by atoms with E-state index in [1.54, 1.807) is 12.4 Å². The molecule has 0 aliphatic carbocycles. The third-order valence-electron chi connectivity index (χ3n) is 3.92. The number of allylic oxidation sites excluding steroid dienone is 1. The van der Waals surface area contributed by atoms with E-state index < -0.39 is 0 Å². The minimum atomic E-state index is 0.636. The number of aromatic nitrogens is 3. The fraction of sp³-hybridized carbons (Fsp3) is 0.158. The third-order valence-corrected chi connectivity index (χ3v) is 3.92. The first kappa shape index (κ1) is 16.1. The standard InChI is InChI=1S/C19H19BN4/c1-3-12-23(15(2)9-10-16-7-5-4-6-8-16)18-14-21-19-17(22-18)11-13-24(19)20/h3-8,11,13-14H,1-2,9-10,12H2. The van der Waals surface area contributed by atoms with Gasteiger partial charge < -0.3 is 9.38 Å². The van der Waals surface area contributed by atoms with Crippen LogP contribution < -0.4 is 4.90 Å². The van der Waals surface area contributed by atoms with Crippen LogP contribution in [0.2, 0.25) is 0 Å². The molecule has 0 spiro atoms. The average Bonchev–Trinajstić information content (AvgIpc) is 2.99. The molecule has 0 bridgehead atoms. The summed E-state index contributed by atoms with van der Waals surface area (Å²) in [4.78, 5) is 11.1. The lowest BCUT2D eigenvalue weighted by Crippen LogP contribution is -2.23. The van der Waals surface area contributed by atoms with E-state index in [1.165, 1.54) is 10.0 Å². The molecule has 0 saturated heterocycles. The van der Waals surface area contributed by atoms with Gasteiger partial charge in [0.1, 0.15) is 11.2 Å². The zero-order chi connectivity index (χ0) is 16.9. The topological polar surface area (TPSA) is 34.0 Å². The minimum Gasteiger partial charge on any atom is -0.387 e. The predicted octanol–water partition coefficient (Wildman–Crippen LogP) is 3.50. The number of hydrogen-bond acceptors (Lipinski definition) is 3. The lowest BCUT2D eigenvalue weighted by atomic mass is 10.1. The molecule has 0 N–H and O–H groups in total. The van der Waals surface area contributed by atoms with Gasteiger partial charge in [-0.3, -0.25) is 0 Å². The Kier molecular flexibility index (Phi) is 4.80. The molecule has 1 aromatic carbocycles. The number of aryl methyl sites for hydroxylation is 1. The summed E-state index contributed by atoms with van der Waals surface area (Å²) in [5, 5.41) is 0. The molecular weight excluding hydrogens is 295 g/mol. The Labute approximate surface area is 143 Å². The smallest absolute Gasteiger partial charge is 0.236 e. The van der Waals surface area contributed by atoms with Gasteiger partial charge in [0.2, 0.25) is 7.98 Å². The van der Waals surface area contributed by atoms with Gasteiger partial charge in [0.05, 0.1) is 6.20 Å². The maximum Gasteiger partial charge on any atom is 0.236 e. The largest absolute Gasteiger partial charge is 0.387 e. The van der Waals surface area contributed by atoms with Gasteiger partial charge in [-0.1, -0.05) is 43.0 Å². The second-order valence-corrected chi connectivity index (χ2v) is 5.61. The van der Waals surface area contributed by atoms with Crippen molar-refractivity contribution in [1.82, 2.24) is 14.4 Å². The first-order chi connectivity index (χ1) is 11.7. The number of anilines is 1. The molecule has 24 heavy (non-hydrogen) atoms. The highest BCUT2D eigenvalue weighted by Gasteiger charge is 2.12. The Morgan fingerprint density at radius 2 is 2.04 bits per heavy atom. The molecule has 0 aliphatic rings. The second kappa shape index (κ2) is 7.17. The van der Waals surface area contributed by atoms with Gasteiger partial charge in [-0.25, -0.2) is 9.97 Å². The Morgan fingerprint density at radius 1 is 1.25 bits per heavy atom. The Bertz CT molecular complexity index is 854. The molecule has 5 heteroatoms. The van der Waals surface area contributed by atoms with E-state index in [-0.39, 0.29) is 0 Å². The summed E-state index contributed by atoms with van der Waals surface area (Å²) in [5.41, 5.74) is 3.70. The van der Waals surface area contributed by atoms with Crippen LogP contribution in [0.1, 0.15) is 12.0 Å². The molecule has 0 fully saturated rings. The van der Waals surface area contributed by atoms with Crippen LogP contribution in [0.25, 0.3) is 11.2 Å². The summed E-state index contributed by atoms with van der Waals surface area (Å²) in [6.45, 7) is 8.70. The molecule has 4 nitrogen and oxygen atoms in total. The molecule has 2 heterocycles. The van der Waals surface area contributed by atoms with Gasteiger partial charge in [-0.05, 0) is 30.7 Å². The fourth-order valence-corrected chi connectivity index (χ4v) is 2.63. The van der Waals surface area contributed by atoms with E-state index in [0.29, 0.717) is 12.2 Å². The molecule has 0 atom stereocenters. The monoisotopic (exact) mass is 314 g/mol. The Hall–Kier alpha value is -2.82. The van der Waals surface area contributed by atoms with Crippen molar-refractivity contribution in [2.75, 3.05) is 11.4 Å². The van der Waals surface area contributed by atoms with E-state index in [1.807, 2.05) is 23.1 Å². The highest BCUT2D eigenvalue weighted by molar-refractivity contribution is 6.10. The van der Waals surface area contributed by atoms with Crippen LogP contribution in [0.15, 0.2) is 73.7 Å². The van der Waals surface area contributed by atoms with Crippen molar-refractivity contribution in [3.05, 3.63) is 79.3 Å². The van der Waals surface area contributed by atoms with Crippen molar-refractivity contribution in [3.8, 4) is 0 Å². The molecule has 3 rings (SSSR count). The van der Waals surface area contributed by atoms with E-state index in [9.17, 15) is 0 Å². The van der Waals surface area contributed by atoms with Crippen molar-refractivity contribution in [1.29, 1.82) is 0 Å². The maximum atomic E-state index is 5.80. The number of fused-ring (bicyclic) bond motifs is 1. The zero-order valence-electron chi connectivity index (χ0n) is 13.6. The molecular formula is C19H19BN4. The molecule has 118 valence electrons. The van der Waals surface area contributed by atoms with Gasteiger partial charge in [0.25, 0.3) is 0 Å². The first-order valence-electron chi connectivity index (χ1n) is 7.88. The van der Waals surface area contributed by atoms with Gasteiger partial charge in [0.15, 0.2) is 5.82 Å². The molecule has 3 aromatic rings. The minimum absolute atomic E-state index is 0.636. The van der Waals surface area contributed by atoms with Crippen LogP contribution in [0, 0.1) is 0 Å². The highest BCUT2D eigenvalue weighted by atomic mass is 15.2. The van der Waals surface area contributed by atoms with Crippen molar-refractivity contribution < 1.29 is 0 Å². The number of rotatable bonds is 7. The van der Waals surface area contributed by atoms with Gasteiger partial charge in [-0.2, -0.15) is 0 Å². The Morgan fingerprint density at radius 3 is 2.79 bits per heavy atom. The lowest BCUT2D eigenvalue weighted by Gasteiger charge is -2.24. The average molecular weight is 314 g/mol. The van der Waals surface area contributed by atoms with Crippen LogP contribution in [0.3, 0.4) is 0 Å². The number of nitrogens with zero attached hydrogens (tertiary/aromatic N) is 4. The molecule has 0 amide bonds. The maximum absolute atomic E-state index is 5.80. The summed E-state index contributed by atoms with van der Waals surface area (Å²) >= 11 is 0. The van der Waals surface area contributed by atoms with Crippen LogP contribution in [0.5, 0.6) is 0 Å². The fourth-order valence-electron chi connectivity index (χ4n) is 2.63. The van der Waals surface area contributed by atoms with Crippen LogP contribution in [0.4, 0.5) is 5.82 Å². The van der Waals surface area contributed by atoms with E-state index in [2.05, 4.69) is 47.4 Å². The normalized spacial score (nSPS) is 10.7. The quantitative estimate of drug-likeness (QED) is 0.494. The SMILES string of the molecule is [B]n1ccc2nc(N(CC=C)C(=C)CCc3ccccc3)cnc21. The van der Waals surface area contributed by atoms with Crippen molar-refractivity contribution in [3.63, 3.8) is 0 Å². The summed E-state index contributed by atoms with van der Waals surface area (Å²) in [6.07, 6.45) is 7.09.